The number of nitrogens with zero attached hydrogens (tertiary/aromatic N) is 2. The van der Waals surface area contributed by atoms with Crippen LogP contribution in [0.3, 0.4) is 0 Å². The number of benzene rings is 2. The predicted molar refractivity (Wildman–Crippen MR) is 160 cm³/mol. The van der Waals surface area contributed by atoms with Gasteiger partial charge in [-0.1, -0.05) is 78.4 Å². The van der Waals surface area contributed by atoms with Crippen molar-refractivity contribution in [2.24, 2.45) is 0 Å². The number of imidazole rings is 1. The number of hydrogen-bond acceptors (Lipinski definition) is 4. The molecule has 6 heteroatoms. The zero-order valence-electron chi connectivity index (χ0n) is 20.4. The Morgan fingerprint density at radius 3 is 1.81 bits per heavy atom. The van der Waals surface area contributed by atoms with Crippen molar-refractivity contribution in [1.82, 2.24) is 9.55 Å². The molecule has 6 rings (SSSR count). The summed E-state index contributed by atoms with van der Waals surface area (Å²) in [5.74, 6) is 0.985. The lowest BCUT2D eigenvalue weighted by atomic mass is 10.0. The standard InChI is InChI=1S/C30H26N2S3Si/c1-21-18-22(2)29(23(3)19-21)32-14-13-31-30(32)24-8-4-9-25(20-24)36(26-10-5-15-33-26,27-11-6-16-34-27)28-12-7-17-35-28/h4-20H,1-3H3. The van der Waals surface area contributed by atoms with Crippen LogP contribution < -0.4 is 18.7 Å². The number of rotatable bonds is 6. The molecule has 4 heterocycles. The average molecular weight is 539 g/mol. The van der Waals surface area contributed by atoms with Gasteiger partial charge in [-0.05, 0) is 53.2 Å². The monoisotopic (exact) mass is 538 g/mol. The minimum Gasteiger partial charge on any atom is -0.299 e. The Morgan fingerprint density at radius 2 is 1.28 bits per heavy atom. The highest BCUT2D eigenvalue weighted by molar-refractivity contribution is 7.48. The first-order valence-electron chi connectivity index (χ1n) is 11.9. The molecule has 0 saturated heterocycles. The topological polar surface area (TPSA) is 17.8 Å². The fourth-order valence-electron chi connectivity index (χ4n) is 5.41. The molecule has 178 valence electrons. The van der Waals surface area contributed by atoms with Gasteiger partial charge >= 0.3 is 0 Å². The fourth-order valence-corrected chi connectivity index (χ4v) is 16.5. The van der Waals surface area contributed by atoms with E-state index in [0.717, 1.165) is 11.4 Å². The summed E-state index contributed by atoms with van der Waals surface area (Å²) in [6.45, 7) is 6.54. The third-order valence-electron chi connectivity index (χ3n) is 6.74. The summed E-state index contributed by atoms with van der Waals surface area (Å²) in [7, 11) is -2.39. The number of aromatic nitrogens is 2. The Morgan fingerprint density at radius 1 is 0.694 bits per heavy atom. The van der Waals surface area contributed by atoms with Gasteiger partial charge in [0.15, 0.2) is 0 Å². The Hall–Kier alpha value is -3.03. The summed E-state index contributed by atoms with van der Waals surface area (Å²) in [4.78, 5) is 4.87. The van der Waals surface area contributed by atoms with Crippen molar-refractivity contribution in [2.45, 2.75) is 20.8 Å². The third-order valence-corrected chi connectivity index (χ3v) is 16.5. The Balaban J connectivity index is 1.59. The van der Waals surface area contributed by atoms with Gasteiger partial charge < -0.3 is 0 Å². The molecule has 0 unspecified atom stereocenters. The van der Waals surface area contributed by atoms with Gasteiger partial charge in [0.05, 0.1) is 5.69 Å². The van der Waals surface area contributed by atoms with Crippen LogP contribution in [0.4, 0.5) is 0 Å². The van der Waals surface area contributed by atoms with E-state index < -0.39 is 8.07 Å². The van der Waals surface area contributed by atoms with Crippen molar-refractivity contribution in [2.75, 3.05) is 0 Å². The van der Waals surface area contributed by atoms with Gasteiger partial charge in [0.25, 0.3) is 0 Å². The maximum absolute atomic E-state index is 4.87. The summed E-state index contributed by atoms with van der Waals surface area (Å²) >= 11 is 5.65. The molecule has 0 amide bonds. The van der Waals surface area contributed by atoms with Crippen molar-refractivity contribution >= 4 is 60.8 Å². The minimum absolute atomic E-state index is 0.985. The highest BCUT2D eigenvalue weighted by atomic mass is 32.1. The lowest BCUT2D eigenvalue weighted by Crippen LogP contribution is -2.72. The first-order chi connectivity index (χ1) is 17.6. The van der Waals surface area contributed by atoms with Crippen LogP contribution in [0, 0.1) is 20.8 Å². The predicted octanol–water partition coefficient (Wildman–Crippen LogP) is 6.03. The van der Waals surface area contributed by atoms with Crippen molar-refractivity contribution in [3.8, 4) is 17.1 Å². The maximum Gasteiger partial charge on any atom is 0.212 e. The van der Waals surface area contributed by atoms with Gasteiger partial charge in [-0.2, -0.15) is 34.0 Å². The molecule has 0 fully saturated rings. The lowest BCUT2D eigenvalue weighted by Gasteiger charge is -2.30. The molecular weight excluding hydrogens is 513 g/mol. The SMILES string of the molecule is Cc1cc(C)c(-n2ccnc2-c2cccc([Si](c3cccs3)(c3cccs3)c3cccs3)c2)c(C)c1. The Kier molecular flexibility index (Phi) is 6.13. The Bertz CT molecular complexity index is 1500. The number of hydrogen-bond donors (Lipinski definition) is 0. The molecule has 0 aliphatic heterocycles. The van der Waals surface area contributed by atoms with Crippen LogP contribution in [-0.4, -0.2) is 17.6 Å². The summed E-state index contributed by atoms with van der Waals surface area (Å²) in [5.41, 5.74) is 6.19. The van der Waals surface area contributed by atoms with Crippen molar-refractivity contribution in [3.05, 3.63) is 118 Å². The molecular formula is C30H26N2S3Si. The second-order valence-corrected chi connectivity index (χ2v) is 16.8. The van der Waals surface area contributed by atoms with Gasteiger partial charge in [-0.25, -0.2) is 4.98 Å². The van der Waals surface area contributed by atoms with E-state index >= 15 is 0 Å². The van der Waals surface area contributed by atoms with Gasteiger partial charge in [-0.3, -0.25) is 4.57 Å². The zero-order valence-corrected chi connectivity index (χ0v) is 23.9. The Labute approximate surface area is 225 Å². The highest BCUT2D eigenvalue weighted by Crippen LogP contribution is 2.27. The smallest absolute Gasteiger partial charge is 0.212 e. The van der Waals surface area contributed by atoms with E-state index in [4.69, 9.17) is 4.98 Å². The zero-order chi connectivity index (χ0) is 24.7. The van der Waals surface area contributed by atoms with Crippen LogP contribution in [0.1, 0.15) is 16.7 Å². The maximum atomic E-state index is 4.87. The fraction of sp³-hybridized carbons (Fsp3) is 0.100. The van der Waals surface area contributed by atoms with Gasteiger partial charge in [0, 0.05) is 31.5 Å². The normalized spacial score (nSPS) is 11.8. The molecule has 0 aliphatic rings. The number of thiophene rings is 3. The van der Waals surface area contributed by atoms with E-state index in [1.807, 2.05) is 40.2 Å². The molecule has 0 bridgehead atoms. The summed E-state index contributed by atoms with van der Waals surface area (Å²) in [5, 5.41) is 8.06. The van der Waals surface area contributed by atoms with E-state index in [-0.39, 0.29) is 0 Å². The molecule has 0 atom stereocenters. The van der Waals surface area contributed by atoms with Crippen LogP contribution >= 0.6 is 34.0 Å². The molecule has 36 heavy (non-hydrogen) atoms. The molecule has 2 nitrogen and oxygen atoms in total. The van der Waals surface area contributed by atoms with Crippen LogP contribution in [0.5, 0.6) is 0 Å². The van der Waals surface area contributed by atoms with Crippen LogP contribution in [-0.2, 0) is 0 Å². The number of aryl methyl sites for hydroxylation is 3. The molecule has 4 aromatic heterocycles. The summed E-state index contributed by atoms with van der Waals surface area (Å²) in [6, 6.07) is 27.3. The van der Waals surface area contributed by atoms with E-state index in [0.29, 0.717) is 0 Å². The van der Waals surface area contributed by atoms with E-state index in [2.05, 4.69) is 120 Å². The molecule has 0 spiro atoms. The molecule has 0 radical (unpaired) electrons. The quantitative estimate of drug-likeness (QED) is 0.237. The second-order valence-electron chi connectivity index (χ2n) is 9.13. The van der Waals surface area contributed by atoms with Gasteiger partial charge in [0.2, 0.25) is 8.07 Å². The first kappa shape index (κ1) is 23.4. The molecule has 2 aromatic carbocycles. The molecule has 6 aromatic rings. The van der Waals surface area contributed by atoms with Crippen LogP contribution in [0.2, 0.25) is 0 Å². The molecule has 0 aliphatic carbocycles. The van der Waals surface area contributed by atoms with Crippen molar-refractivity contribution in [3.63, 3.8) is 0 Å². The molecule has 0 saturated carbocycles. The van der Waals surface area contributed by atoms with Crippen LogP contribution in [0.15, 0.2) is 101 Å². The van der Waals surface area contributed by atoms with E-state index in [1.54, 1.807) is 0 Å². The highest BCUT2D eigenvalue weighted by Gasteiger charge is 2.44. The third kappa shape index (κ3) is 3.76. The van der Waals surface area contributed by atoms with Crippen LogP contribution in [0.25, 0.3) is 17.1 Å². The van der Waals surface area contributed by atoms with Crippen molar-refractivity contribution < 1.29 is 0 Å². The van der Waals surface area contributed by atoms with E-state index in [1.165, 1.54) is 41.1 Å². The lowest BCUT2D eigenvalue weighted by molar-refractivity contribution is 1.03. The van der Waals surface area contributed by atoms with Crippen molar-refractivity contribution in [1.29, 1.82) is 0 Å². The minimum atomic E-state index is -2.39. The van der Waals surface area contributed by atoms with Gasteiger partial charge in [-0.15, -0.1) is 0 Å². The summed E-state index contributed by atoms with van der Waals surface area (Å²) < 4.78 is 6.67. The first-order valence-corrected chi connectivity index (χ1v) is 16.6. The van der Waals surface area contributed by atoms with E-state index in [9.17, 15) is 0 Å². The van der Waals surface area contributed by atoms with Gasteiger partial charge in [0.1, 0.15) is 5.82 Å². The average Bonchev–Trinajstić information content (AvgIpc) is 3.69. The second kappa shape index (κ2) is 9.45. The summed E-state index contributed by atoms with van der Waals surface area (Å²) in [6.07, 6.45) is 4.01. The molecule has 0 N–H and O–H groups in total. The largest absolute Gasteiger partial charge is 0.299 e.